The third-order valence-corrected chi connectivity index (χ3v) is 1.48. The fourth-order valence-corrected chi connectivity index (χ4v) is 1.02. The zero-order valence-corrected chi connectivity index (χ0v) is 7.32. The first-order valence-corrected chi connectivity index (χ1v) is 3.82. The third kappa shape index (κ3) is 2.17. The molecule has 0 bridgehead atoms. The topological polar surface area (TPSA) is 61.0 Å². The number of rotatable bonds is 3. The summed E-state index contributed by atoms with van der Waals surface area (Å²) in [6, 6.07) is 0.102. The smallest absolute Gasteiger partial charge is 0.219 e. The number of nitrogens with zero attached hydrogens (tertiary/aromatic N) is 2. The molecule has 0 aliphatic rings. The number of hydrogen-bond acceptors (Lipinski definition) is 4. The summed E-state index contributed by atoms with van der Waals surface area (Å²) in [5.41, 5.74) is 6.59. The van der Waals surface area contributed by atoms with Crippen LogP contribution in [-0.4, -0.2) is 23.1 Å². The maximum Gasteiger partial charge on any atom is 0.219 e. The van der Waals surface area contributed by atoms with Gasteiger partial charge in [0.25, 0.3) is 0 Å². The molecule has 0 fully saturated rings. The number of ether oxygens (including phenoxy) is 1. The zero-order valence-electron chi connectivity index (χ0n) is 7.32. The average Bonchev–Trinajstić information content (AvgIpc) is 2.04. The highest BCUT2D eigenvalue weighted by Gasteiger charge is 2.05. The molecular formula is C8H13N3O. The van der Waals surface area contributed by atoms with Crippen LogP contribution in [0, 0.1) is 0 Å². The van der Waals surface area contributed by atoms with Crippen molar-refractivity contribution < 1.29 is 4.74 Å². The lowest BCUT2D eigenvalue weighted by atomic mass is 10.1. The Morgan fingerprint density at radius 1 is 1.67 bits per heavy atom. The molecule has 0 aromatic carbocycles. The molecule has 0 aliphatic heterocycles. The molecule has 1 heterocycles. The molecule has 1 aromatic rings. The van der Waals surface area contributed by atoms with Gasteiger partial charge in [0.2, 0.25) is 5.88 Å². The molecule has 1 unspecified atom stereocenters. The predicted molar refractivity (Wildman–Crippen MR) is 45.9 cm³/mol. The molecule has 4 nitrogen and oxygen atoms in total. The van der Waals surface area contributed by atoms with Crippen LogP contribution < -0.4 is 10.5 Å². The highest BCUT2D eigenvalue weighted by atomic mass is 16.5. The van der Waals surface area contributed by atoms with E-state index in [2.05, 4.69) is 9.97 Å². The Hall–Kier alpha value is -1.16. The van der Waals surface area contributed by atoms with Crippen LogP contribution in [0.1, 0.15) is 12.5 Å². The van der Waals surface area contributed by atoms with E-state index in [1.54, 1.807) is 13.3 Å². The molecule has 0 spiro atoms. The lowest BCUT2D eigenvalue weighted by molar-refractivity contribution is 0.390. The molecule has 0 amide bonds. The highest BCUT2D eigenvalue weighted by molar-refractivity contribution is 5.22. The molecule has 2 N–H and O–H groups in total. The van der Waals surface area contributed by atoms with Crippen molar-refractivity contribution in [2.24, 2.45) is 5.73 Å². The van der Waals surface area contributed by atoms with E-state index in [9.17, 15) is 0 Å². The second kappa shape index (κ2) is 4.01. The minimum atomic E-state index is 0.102. The van der Waals surface area contributed by atoms with Gasteiger partial charge in [0, 0.05) is 17.8 Å². The lowest BCUT2D eigenvalue weighted by Gasteiger charge is -2.07. The summed E-state index contributed by atoms with van der Waals surface area (Å²) in [5, 5.41) is 0. The fraction of sp³-hybridized carbons (Fsp3) is 0.500. The summed E-state index contributed by atoms with van der Waals surface area (Å²) >= 11 is 0. The first kappa shape index (κ1) is 8.93. The summed E-state index contributed by atoms with van der Waals surface area (Å²) in [6.07, 6.45) is 3.93. The molecule has 1 rings (SSSR count). The summed E-state index contributed by atoms with van der Waals surface area (Å²) in [4.78, 5) is 7.86. The van der Waals surface area contributed by atoms with Crippen LogP contribution in [0.2, 0.25) is 0 Å². The number of aromatic nitrogens is 2. The SMILES string of the molecule is COc1ncncc1CC(C)N. The van der Waals surface area contributed by atoms with Crippen LogP contribution >= 0.6 is 0 Å². The van der Waals surface area contributed by atoms with Crippen molar-refractivity contribution in [1.82, 2.24) is 9.97 Å². The van der Waals surface area contributed by atoms with Gasteiger partial charge in [0.05, 0.1) is 7.11 Å². The van der Waals surface area contributed by atoms with Gasteiger partial charge in [0.1, 0.15) is 6.33 Å². The van der Waals surface area contributed by atoms with E-state index in [0.29, 0.717) is 5.88 Å². The summed E-state index contributed by atoms with van der Waals surface area (Å²) in [6.45, 7) is 1.94. The Labute approximate surface area is 71.8 Å². The van der Waals surface area contributed by atoms with Crippen LogP contribution in [0.3, 0.4) is 0 Å². The predicted octanol–water partition coefficient (Wildman–Crippen LogP) is 0.375. The molecule has 0 saturated carbocycles. The summed E-state index contributed by atoms with van der Waals surface area (Å²) in [5.74, 6) is 0.613. The first-order chi connectivity index (χ1) is 5.74. The van der Waals surface area contributed by atoms with E-state index in [1.807, 2.05) is 6.92 Å². The number of nitrogens with two attached hydrogens (primary N) is 1. The molecule has 0 saturated heterocycles. The van der Waals surface area contributed by atoms with Crippen molar-refractivity contribution in [3.63, 3.8) is 0 Å². The van der Waals surface area contributed by atoms with Gasteiger partial charge < -0.3 is 10.5 Å². The molecule has 12 heavy (non-hydrogen) atoms. The minimum absolute atomic E-state index is 0.102. The van der Waals surface area contributed by atoms with E-state index >= 15 is 0 Å². The van der Waals surface area contributed by atoms with Crippen LogP contribution in [0.5, 0.6) is 5.88 Å². The van der Waals surface area contributed by atoms with Gasteiger partial charge in [-0.1, -0.05) is 0 Å². The molecule has 66 valence electrons. The Balaban J connectivity index is 2.82. The van der Waals surface area contributed by atoms with E-state index in [1.165, 1.54) is 6.33 Å². The van der Waals surface area contributed by atoms with Gasteiger partial charge in [-0.05, 0) is 13.3 Å². The lowest BCUT2D eigenvalue weighted by Crippen LogP contribution is -2.18. The van der Waals surface area contributed by atoms with E-state index in [0.717, 1.165) is 12.0 Å². The van der Waals surface area contributed by atoms with Crippen LogP contribution in [-0.2, 0) is 6.42 Å². The van der Waals surface area contributed by atoms with Gasteiger partial charge >= 0.3 is 0 Å². The van der Waals surface area contributed by atoms with Crippen LogP contribution in [0.25, 0.3) is 0 Å². The quantitative estimate of drug-likeness (QED) is 0.706. The van der Waals surface area contributed by atoms with Crippen molar-refractivity contribution in [3.05, 3.63) is 18.1 Å². The zero-order chi connectivity index (χ0) is 8.97. The number of methoxy groups -OCH3 is 1. The maximum atomic E-state index is 5.64. The highest BCUT2D eigenvalue weighted by Crippen LogP contribution is 2.13. The van der Waals surface area contributed by atoms with Gasteiger partial charge in [-0.2, -0.15) is 0 Å². The average molecular weight is 167 g/mol. The standard InChI is InChI=1S/C8H13N3O/c1-6(9)3-7-4-10-5-11-8(7)12-2/h4-6H,3,9H2,1-2H3. The van der Waals surface area contributed by atoms with Crippen molar-refractivity contribution in [3.8, 4) is 5.88 Å². The Morgan fingerprint density at radius 2 is 2.42 bits per heavy atom. The van der Waals surface area contributed by atoms with Crippen molar-refractivity contribution in [2.75, 3.05) is 7.11 Å². The molecular weight excluding hydrogens is 154 g/mol. The fourth-order valence-electron chi connectivity index (χ4n) is 1.02. The molecule has 4 heteroatoms. The Kier molecular flexibility index (Phi) is 2.99. The van der Waals surface area contributed by atoms with Crippen LogP contribution in [0.4, 0.5) is 0 Å². The van der Waals surface area contributed by atoms with Crippen LogP contribution in [0.15, 0.2) is 12.5 Å². The van der Waals surface area contributed by atoms with E-state index in [-0.39, 0.29) is 6.04 Å². The Morgan fingerprint density at radius 3 is 3.00 bits per heavy atom. The van der Waals surface area contributed by atoms with Gasteiger partial charge in [-0.25, -0.2) is 9.97 Å². The minimum Gasteiger partial charge on any atom is -0.481 e. The van der Waals surface area contributed by atoms with Gasteiger partial charge in [-0.15, -0.1) is 0 Å². The van der Waals surface area contributed by atoms with Gasteiger partial charge in [0.15, 0.2) is 0 Å². The molecule has 1 atom stereocenters. The normalized spacial score (nSPS) is 12.6. The van der Waals surface area contributed by atoms with Gasteiger partial charge in [-0.3, -0.25) is 0 Å². The second-order valence-electron chi connectivity index (χ2n) is 2.74. The number of hydrogen-bond donors (Lipinski definition) is 1. The largest absolute Gasteiger partial charge is 0.481 e. The molecule has 0 radical (unpaired) electrons. The molecule has 1 aromatic heterocycles. The van der Waals surface area contributed by atoms with Crippen molar-refractivity contribution >= 4 is 0 Å². The monoisotopic (exact) mass is 167 g/mol. The summed E-state index contributed by atoms with van der Waals surface area (Å²) in [7, 11) is 1.59. The molecule has 0 aliphatic carbocycles. The van der Waals surface area contributed by atoms with E-state index in [4.69, 9.17) is 10.5 Å². The maximum absolute atomic E-state index is 5.64. The second-order valence-corrected chi connectivity index (χ2v) is 2.74. The van der Waals surface area contributed by atoms with E-state index < -0.39 is 0 Å². The Bertz CT molecular complexity index is 250. The van der Waals surface area contributed by atoms with Crippen molar-refractivity contribution in [2.45, 2.75) is 19.4 Å². The third-order valence-electron chi connectivity index (χ3n) is 1.48. The first-order valence-electron chi connectivity index (χ1n) is 3.82. The van der Waals surface area contributed by atoms with Crippen molar-refractivity contribution in [1.29, 1.82) is 0 Å². The summed E-state index contributed by atoms with van der Waals surface area (Å²) < 4.78 is 5.04.